The largest absolute Gasteiger partial charge is 0.463 e. The van der Waals surface area contributed by atoms with E-state index in [2.05, 4.69) is 5.32 Å². The Bertz CT molecular complexity index is 1000. The Morgan fingerprint density at radius 1 is 0.750 bits per heavy atom. The summed E-state index contributed by atoms with van der Waals surface area (Å²) in [5, 5.41) is 2.57. The third kappa shape index (κ3) is 8.34. The maximum atomic E-state index is 13.0. The number of rotatable bonds is 8. The lowest BCUT2D eigenvalue weighted by Crippen LogP contribution is -2.67. The average molecular weight is 509 g/mol. The van der Waals surface area contributed by atoms with Crippen LogP contribution in [0.3, 0.4) is 0 Å². The van der Waals surface area contributed by atoms with Crippen LogP contribution in [0.1, 0.15) is 45.0 Å². The predicted octanol–water partition coefficient (Wildman–Crippen LogP) is 0.425. The van der Waals surface area contributed by atoms with Crippen molar-refractivity contribution >= 4 is 35.8 Å². The van der Waals surface area contributed by atoms with Gasteiger partial charge < -0.3 is 33.7 Å². The molecule has 1 heterocycles. The number of carbonyl (C=O) groups is 6. The Morgan fingerprint density at radius 2 is 1.31 bits per heavy atom. The molecule has 196 valence electrons. The fraction of sp³-hybridized carbons (Fsp3) is 0.478. The second-order valence-corrected chi connectivity index (χ2v) is 7.72. The summed E-state index contributed by atoms with van der Waals surface area (Å²) in [7, 11) is 0. The quantitative estimate of drug-likeness (QED) is 0.292. The first-order valence-corrected chi connectivity index (χ1v) is 10.8. The number of hydrogen-bond acceptors (Lipinski definition) is 12. The highest BCUT2D eigenvalue weighted by atomic mass is 16.7. The third-order valence-corrected chi connectivity index (χ3v) is 4.66. The normalized spacial score (nSPS) is 23.0. The number of amides is 1. The van der Waals surface area contributed by atoms with E-state index in [1.807, 2.05) is 0 Å². The molecular formula is C23H27NO12. The minimum Gasteiger partial charge on any atom is -0.463 e. The van der Waals surface area contributed by atoms with Gasteiger partial charge in [0, 0.05) is 40.2 Å². The first kappa shape index (κ1) is 28.2. The summed E-state index contributed by atoms with van der Waals surface area (Å²) >= 11 is 0. The van der Waals surface area contributed by atoms with Crippen LogP contribution in [0.15, 0.2) is 24.3 Å². The Hall–Kier alpha value is -4.00. The van der Waals surface area contributed by atoms with E-state index in [1.54, 1.807) is 0 Å². The molecule has 0 spiro atoms. The molecule has 1 N–H and O–H groups in total. The van der Waals surface area contributed by atoms with Crippen molar-refractivity contribution in [1.82, 2.24) is 5.32 Å². The van der Waals surface area contributed by atoms with Crippen LogP contribution in [-0.4, -0.2) is 73.0 Å². The molecule has 1 aliphatic heterocycles. The van der Waals surface area contributed by atoms with Crippen LogP contribution in [0.5, 0.6) is 5.75 Å². The molecule has 1 aromatic carbocycles. The van der Waals surface area contributed by atoms with Crippen LogP contribution >= 0.6 is 0 Å². The summed E-state index contributed by atoms with van der Waals surface area (Å²) in [4.78, 5) is 70.9. The van der Waals surface area contributed by atoms with Crippen LogP contribution in [-0.2, 0) is 47.7 Å². The minimum atomic E-state index is -1.51. The minimum absolute atomic E-state index is 0.111. The molecular weight excluding hydrogens is 482 g/mol. The molecule has 0 unspecified atom stereocenters. The highest BCUT2D eigenvalue weighted by Gasteiger charge is 2.52. The molecule has 1 amide bonds. The predicted molar refractivity (Wildman–Crippen MR) is 117 cm³/mol. The number of nitrogens with one attached hydrogen (secondary N) is 1. The number of benzene rings is 1. The molecule has 0 aliphatic carbocycles. The second-order valence-electron chi connectivity index (χ2n) is 7.72. The zero-order chi connectivity index (χ0) is 27.0. The zero-order valence-electron chi connectivity index (χ0n) is 20.3. The van der Waals surface area contributed by atoms with E-state index < -0.39 is 73.0 Å². The van der Waals surface area contributed by atoms with Crippen LogP contribution < -0.4 is 10.1 Å². The fourth-order valence-corrected chi connectivity index (χ4v) is 3.40. The van der Waals surface area contributed by atoms with Crippen molar-refractivity contribution in [2.45, 2.75) is 65.3 Å². The zero-order valence-corrected chi connectivity index (χ0v) is 20.3. The number of carbonyl (C=O) groups excluding carboxylic acids is 6. The van der Waals surface area contributed by atoms with Gasteiger partial charge in [-0.1, -0.05) is 0 Å². The van der Waals surface area contributed by atoms with Gasteiger partial charge in [-0.15, -0.1) is 0 Å². The van der Waals surface area contributed by atoms with Gasteiger partial charge >= 0.3 is 29.8 Å². The first-order valence-electron chi connectivity index (χ1n) is 10.8. The van der Waals surface area contributed by atoms with Gasteiger partial charge in [-0.05, 0) is 24.3 Å². The Labute approximate surface area is 206 Å². The van der Waals surface area contributed by atoms with E-state index in [0.717, 1.165) is 27.7 Å². The summed E-state index contributed by atoms with van der Waals surface area (Å²) in [6.07, 6.45) is -5.45. The van der Waals surface area contributed by atoms with E-state index >= 15 is 0 Å². The lowest BCUT2D eigenvalue weighted by atomic mass is 9.95. The Balaban J connectivity index is 2.41. The molecule has 1 aromatic rings. The molecule has 0 aromatic heterocycles. The molecule has 1 saturated heterocycles. The molecule has 1 fully saturated rings. The maximum Gasteiger partial charge on any atom is 0.308 e. The van der Waals surface area contributed by atoms with Gasteiger partial charge in [0.15, 0.2) is 12.2 Å². The van der Waals surface area contributed by atoms with Crippen molar-refractivity contribution in [2.75, 3.05) is 6.61 Å². The molecule has 0 radical (unpaired) electrons. The lowest BCUT2D eigenvalue weighted by Gasteiger charge is -2.44. The summed E-state index contributed by atoms with van der Waals surface area (Å²) in [5.41, 5.74) is 0.111. The SMILES string of the molecule is CC(=O)OC[C@@H]1O[C@H](OC(C)=O)[C@H](NC(=O)c2ccc(OC(C)=O)cc2)[C@@H](OC(C)=O)[C@@H]1OC(C)=O. The van der Waals surface area contributed by atoms with E-state index in [4.69, 9.17) is 28.4 Å². The maximum absolute atomic E-state index is 13.0. The third-order valence-electron chi connectivity index (χ3n) is 4.66. The van der Waals surface area contributed by atoms with Crippen molar-refractivity contribution in [3.05, 3.63) is 29.8 Å². The summed E-state index contributed by atoms with van der Waals surface area (Å²) < 4.78 is 31.5. The molecule has 0 saturated carbocycles. The van der Waals surface area contributed by atoms with Gasteiger partial charge in [-0.2, -0.15) is 0 Å². The summed E-state index contributed by atoms with van der Waals surface area (Å²) in [5.74, 6) is -4.06. The van der Waals surface area contributed by atoms with Gasteiger partial charge in [0.25, 0.3) is 5.91 Å². The second kappa shape index (κ2) is 12.6. The van der Waals surface area contributed by atoms with Crippen molar-refractivity contribution in [3.8, 4) is 5.75 Å². The average Bonchev–Trinajstić information content (AvgIpc) is 2.75. The van der Waals surface area contributed by atoms with E-state index in [0.29, 0.717) is 0 Å². The molecule has 2 rings (SSSR count). The Morgan fingerprint density at radius 3 is 1.81 bits per heavy atom. The monoisotopic (exact) mass is 509 g/mol. The van der Waals surface area contributed by atoms with Crippen molar-refractivity contribution < 1.29 is 57.2 Å². The molecule has 13 nitrogen and oxygen atoms in total. The molecule has 1 aliphatic rings. The highest BCUT2D eigenvalue weighted by Crippen LogP contribution is 2.28. The number of ether oxygens (including phenoxy) is 6. The van der Waals surface area contributed by atoms with E-state index in [1.165, 1.54) is 31.2 Å². The highest BCUT2D eigenvalue weighted by molar-refractivity contribution is 5.94. The fourth-order valence-electron chi connectivity index (χ4n) is 3.40. The number of esters is 5. The van der Waals surface area contributed by atoms with Gasteiger partial charge in [0.2, 0.25) is 6.29 Å². The van der Waals surface area contributed by atoms with Gasteiger partial charge in [-0.3, -0.25) is 28.8 Å². The van der Waals surface area contributed by atoms with Crippen molar-refractivity contribution in [3.63, 3.8) is 0 Å². The molecule has 5 atom stereocenters. The van der Waals surface area contributed by atoms with Crippen molar-refractivity contribution in [1.29, 1.82) is 0 Å². The van der Waals surface area contributed by atoms with Gasteiger partial charge in [-0.25, -0.2) is 0 Å². The van der Waals surface area contributed by atoms with E-state index in [-0.39, 0.29) is 11.3 Å². The summed E-state index contributed by atoms with van der Waals surface area (Å²) in [6, 6.07) is 4.17. The van der Waals surface area contributed by atoms with E-state index in [9.17, 15) is 28.8 Å². The standard InChI is InChI=1S/C23H27NO12/c1-11(25)31-10-18-20(33-13(3)27)21(34-14(4)28)19(23(36-18)35-15(5)29)24-22(30)16-6-8-17(9-7-16)32-12(2)26/h6-9,18-21,23H,10H2,1-5H3,(H,24,30)/t18-,19+,20+,21+,23-/m0/s1. The topological polar surface area (TPSA) is 170 Å². The molecule has 0 bridgehead atoms. The molecule has 36 heavy (non-hydrogen) atoms. The Kier molecular flexibility index (Phi) is 9.91. The molecule has 13 heteroatoms. The van der Waals surface area contributed by atoms with Gasteiger partial charge in [0.05, 0.1) is 0 Å². The van der Waals surface area contributed by atoms with Crippen LogP contribution in [0.4, 0.5) is 0 Å². The smallest absolute Gasteiger partial charge is 0.308 e. The number of hydrogen-bond donors (Lipinski definition) is 1. The van der Waals surface area contributed by atoms with Crippen LogP contribution in [0.25, 0.3) is 0 Å². The first-order chi connectivity index (χ1) is 16.9. The van der Waals surface area contributed by atoms with Gasteiger partial charge in [0.1, 0.15) is 24.5 Å². The van der Waals surface area contributed by atoms with Crippen LogP contribution in [0.2, 0.25) is 0 Å². The van der Waals surface area contributed by atoms with Crippen molar-refractivity contribution in [2.24, 2.45) is 0 Å². The summed E-state index contributed by atoms with van der Waals surface area (Å²) in [6.45, 7) is 5.23. The lowest BCUT2D eigenvalue weighted by molar-refractivity contribution is -0.270. The van der Waals surface area contributed by atoms with Crippen LogP contribution in [0, 0.1) is 0 Å².